The van der Waals surface area contributed by atoms with Crippen molar-refractivity contribution in [2.45, 2.75) is 6.42 Å². The third-order valence-electron chi connectivity index (χ3n) is 4.09. The van der Waals surface area contributed by atoms with Crippen molar-refractivity contribution in [2.75, 3.05) is 17.2 Å². The van der Waals surface area contributed by atoms with Crippen molar-refractivity contribution in [2.24, 2.45) is 0 Å². The van der Waals surface area contributed by atoms with E-state index in [2.05, 4.69) is 10.6 Å². The van der Waals surface area contributed by atoms with Crippen molar-refractivity contribution in [3.63, 3.8) is 0 Å². The Kier molecular flexibility index (Phi) is 7.19. The summed E-state index contributed by atoms with van der Waals surface area (Å²) in [5, 5.41) is 5.87. The van der Waals surface area contributed by atoms with Gasteiger partial charge in [-0.25, -0.2) is 4.79 Å². The first kappa shape index (κ1) is 21.1. The summed E-state index contributed by atoms with van der Waals surface area (Å²) in [5.41, 5.74) is 1.88. The van der Waals surface area contributed by atoms with E-state index in [9.17, 15) is 14.4 Å². The minimum absolute atomic E-state index is 0.165. The average Bonchev–Trinajstić information content (AvgIpc) is 2.75. The molecule has 6 nitrogen and oxygen atoms in total. The lowest BCUT2D eigenvalue weighted by Crippen LogP contribution is -2.22. The maximum absolute atomic E-state index is 12.4. The van der Waals surface area contributed by atoms with Gasteiger partial charge in [0.25, 0.3) is 5.91 Å². The summed E-state index contributed by atoms with van der Waals surface area (Å²) in [6, 6.07) is 22.3. The molecule has 0 heterocycles. The fourth-order valence-electron chi connectivity index (χ4n) is 2.68. The highest BCUT2D eigenvalue weighted by Crippen LogP contribution is 2.17. The molecule has 0 aliphatic heterocycles. The topological polar surface area (TPSA) is 84.5 Å². The summed E-state index contributed by atoms with van der Waals surface area (Å²) >= 11 is 5.80. The number of carbonyl (C=O) groups excluding carboxylic acids is 3. The summed E-state index contributed by atoms with van der Waals surface area (Å²) in [6.45, 7) is -0.465. The molecule has 0 saturated heterocycles. The van der Waals surface area contributed by atoms with Crippen LogP contribution in [-0.2, 0) is 20.7 Å². The van der Waals surface area contributed by atoms with Crippen molar-refractivity contribution in [3.8, 4) is 0 Å². The van der Waals surface area contributed by atoms with Crippen LogP contribution in [0.4, 0.5) is 11.4 Å². The highest BCUT2D eigenvalue weighted by atomic mass is 35.5. The quantitative estimate of drug-likeness (QED) is 0.555. The second-order valence-electron chi connectivity index (χ2n) is 6.39. The van der Waals surface area contributed by atoms with Crippen molar-refractivity contribution in [1.29, 1.82) is 0 Å². The first-order valence-electron chi connectivity index (χ1n) is 9.16. The van der Waals surface area contributed by atoms with Crippen LogP contribution >= 0.6 is 11.6 Å². The predicted molar refractivity (Wildman–Crippen MR) is 116 cm³/mol. The Morgan fingerprint density at radius 2 is 1.43 bits per heavy atom. The second kappa shape index (κ2) is 10.2. The Labute approximate surface area is 178 Å². The van der Waals surface area contributed by atoms with E-state index in [-0.39, 0.29) is 17.9 Å². The molecule has 152 valence electrons. The van der Waals surface area contributed by atoms with Gasteiger partial charge in [-0.15, -0.1) is 0 Å². The molecule has 0 aliphatic carbocycles. The van der Waals surface area contributed by atoms with Gasteiger partial charge in [0, 0.05) is 10.7 Å². The molecule has 0 saturated carbocycles. The number of benzene rings is 3. The van der Waals surface area contributed by atoms with Crippen LogP contribution in [0.5, 0.6) is 0 Å². The highest BCUT2D eigenvalue weighted by Gasteiger charge is 2.16. The molecule has 0 unspecified atom stereocenters. The number of anilines is 2. The molecule has 2 N–H and O–H groups in total. The van der Waals surface area contributed by atoms with E-state index < -0.39 is 18.5 Å². The zero-order chi connectivity index (χ0) is 21.3. The molecule has 0 bridgehead atoms. The Balaban J connectivity index is 1.57. The Morgan fingerprint density at radius 3 is 2.17 bits per heavy atom. The van der Waals surface area contributed by atoms with E-state index in [1.54, 1.807) is 42.5 Å². The summed E-state index contributed by atoms with van der Waals surface area (Å²) in [5.74, 6) is -1.46. The molecule has 3 rings (SSSR count). The van der Waals surface area contributed by atoms with Crippen LogP contribution in [0.3, 0.4) is 0 Å². The highest BCUT2D eigenvalue weighted by molar-refractivity contribution is 6.30. The van der Waals surface area contributed by atoms with Gasteiger partial charge in [-0.3, -0.25) is 9.59 Å². The monoisotopic (exact) mass is 422 g/mol. The molecule has 7 heteroatoms. The first-order chi connectivity index (χ1) is 14.5. The smallest absolute Gasteiger partial charge is 0.340 e. The van der Waals surface area contributed by atoms with Gasteiger partial charge < -0.3 is 15.4 Å². The lowest BCUT2D eigenvalue weighted by molar-refractivity contribution is -0.119. The number of hydrogen-bond donors (Lipinski definition) is 2. The molecular formula is C23H19ClN2O4. The van der Waals surface area contributed by atoms with Gasteiger partial charge in [0.2, 0.25) is 5.91 Å². The van der Waals surface area contributed by atoms with Crippen LogP contribution in [0.1, 0.15) is 15.9 Å². The Hall–Kier alpha value is -3.64. The van der Waals surface area contributed by atoms with Crippen molar-refractivity contribution >= 4 is 40.8 Å². The number of nitrogens with one attached hydrogen (secondary N) is 2. The third-order valence-corrected chi connectivity index (χ3v) is 4.34. The van der Waals surface area contributed by atoms with Gasteiger partial charge in [-0.2, -0.15) is 0 Å². The van der Waals surface area contributed by atoms with Crippen molar-refractivity contribution in [1.82, 2.24) is 0 Å². The van der Waals surface area contributed by atoms with Gasteiger partial charge in [-0.1, -0.05) is 54.1 Å². The number of carbonyl (C=O) groups is 3. The van der Waals surface area contributed by atoms with Gasteiger partial charge in [0.1, 0.15) is 0 Å². The van der Waals surface area contributed by atoms with Crippen molar-refractivity contribution in [3.05, 3.63) is 95.0 Å². The van der Waals surface area contributed by atoms with Gasteiger partial charge in [0.05, 0.1) is 17.7 Å². The van der Waals surface area contributed by atoms with Crippen LogP contribution in [-0.4, -0.2) is 24.4 Å². The average molecular weight is 423 g/mol. The number of halogens is 1. The molecular weight excluding hydrogens is 404 g/mol. The van der Waals surface area contributed by atoms with Crippen LogP contribution in [0, 0.1) is 0 Å². The summed E-state index contributed by atoms with van der Waals surface area (Å²) < 4.78 is 5.10. The summed E-state index contributed by atoms with van der Waals surface area (Å²) in [7, 11) is 0. The molecule has 3 aromatic carbocycles. The van der Waals surface area contributed by atoms with Crippen molar-refractivity contribution < 1.29 is 19.1 Å². The molecule has 2 amide bonds. The molecule has 0 radical (unpaired) electrons. The summed E-state index contributed by atoms with van der Waals surface area (Å²) in [4.78, 5) is 36.8. The number of hydrogen-bond acceptors (Lipinski definition) is 4. The Bertz CT molecular complexity index is 1040. The van der Waals surface area contributed by atoms with E-state index >= 15 is 0 Å². The largest absolute Gasteiger partial charge is 0.452 e. The molecule has 30 heavy (non-hydrogen) atoms. The predicted octanol–water partition coefficient (Wildman–Crippen LogP) is 4.32. The van der Waals surface area contributed by atoms with E-state index in [1.807, 2.05) is 30.3 Å². The lowest BCUT2D eigenvalue weighted by atomic mass is 10.1. The normalized spacial score (nSPS) is 10.2. The number of esters is 1. The Morgan fingerprint density at radius 1 is 0.767 bits per heavy atom. The number of rotatable bonds is 7. The second-order valence-corrected chi connectivity index (χ2v) is 6.82. The standard InChI is InChI=1S/C23H19ClN2O4/c24-17-10-12-18(13-11-17)25-22(28)15-30-23(29)19-8-4-5-9-20(19)26-21(27)14-16-6-2-1-3-7-16/h1-13H,14-15H2,(H,25,28)(H,26,27). The van der Waals surface area contributed by atoms with E-state index in [0.29, 0.717) is 16.4 Å². The van der Waals surface area contributed by atoms with Crippen LogP contribution < -0.4 is 10.6 Å². The minimum atomic E-state index is -0.711. The van der Waals surface area contributed by atoms with Crippen LogP contribution in [0.15, 0.2) is 78.9 Å². The molecule has 0 aliphatic rings. The fourth-order valence-corrected chi connectivity index (χ4v) is 2.81. The summed E-state index contributed by atoms with van der Waals surface area (Å²) in [6.07, 6.45) is 0.174. The van der Waals surface area contributed by atoms with Crippen LogP contribution in [0.2, 0.25) is 5.02 Å². The zero-order valence-corrected chi connectivity index (χ0v) is 16.7. The molecule has 0 fully saturated rings. The SMILES string of the molecule is O=C(COC(=O)c1ccccc1NC(=O)Cc1ccccc1)Nc1ccc(Cl)cc1. The fraction of sp³-hybridized carbons (Fsp3) is 0.0870. The van der Waals surface area contributed by atoms with Crippen LogP contribution in [0.25, 0.3) is 0 Å². The van der Waals surface area contributed by atoms with Gasteiger partial charge in [0.15, 0.2) is 6.61 Å². The molecule has 0 atom stereocenters. The van der Waals surface area contributed by atoms with E-state index in [0.717, 1.165) is 5.56 Å². The first-order valence-corrected chi connectivity index (χ1v) is 9.54. The van der Waals surface area contributed by atoms with Gasteiger partial charge in [-0.05, 0) is 42.0 Å². The zero-order valence-electron chi connectivity index (χ0n) is 15.9. The number of para-hydroxylation sites is 1. The maximum atomic E-state index is 12.4. The molecule has 3 aromatic rings. The number of ether oxygens (including phenoxy) is 1. The molecule has 0 spiro atoms. The minimum Gasteiger partial charge on any atom is -0.452 e. The van der Waals surface area contributed by atoms with E-state index in [1.165, 1.54) is 6.07 Å². The molecule has 0 aromatic heterocycles. The lowest BCUT2D eigenvalue weighted by Gasteiger charge is -2.11. The third kappa shape index (κ3) is 6.18. The number of amides is 2. The van der Waals surface area contributed by atoms with Gasteiger partial charge >= 0.3 is 5.97 Å². The maximum Gasteiger partial charge on any atom is 0.340 e. The van der Waals surface area contributed by atoms with E-state index in [4.69, 9.17) is 16.3 Å².